The number of fused-ring (bicyclic) bond motifs is 1. The predicted molar refractivity (Wildman–Crippen MR) is 61.6 cm³/mol. The summed E-state index contributed by atoms with van der Waals surface area (Å²) < 4.78 is 21.5. The molecule has 2 aromatic rings. The van der Waals surface area contributed by atoms with Crippen molar-refractivity contribution in [1.29, 1.82) is 0 Å². The van der Waals surface area contributed by atoms with E-state index in [1.54, 1.807) is 0 Å². The molecule has 5 heteroatoms. The van der Waals surface area contributed by atoms with Crippen LogP contribution in [0.3, 0.4) is 0 Å². The maximum Gasteiger partial charge on any atom is 0.232 e. The van der Waals surface area contributed by atoms with Gasteiger partial charge in [-0.15, -0.1) is 0 Å². The molecule has 0 spiro atoms. The molecule has 0 bridgehead atoms. The molecule has 0 aliphatic rings. The van der Waals surface area contributed by atoms with E-state index in [4.69, 9.17) is 10.7 Å². The number of aromatic amines is 1. The highest BCUT2D eigenvalue weighted by Crippen LogP contribution is 2.15. The highest BCUT2D eigenvalue weighted by atomic mass is 35.7. The number of aryl methyl sites for hydroxylation is 1. The highest BCUT2D eigenvalue weighted by molar-refractivity contribution is 8.13. The molecule has 0 saturated carbocycles. The predicted octanol–water partition coefficient (Wildman–Crippen LogP) is 2.28. The van der Waals surface area contributed by atoms with Crippen molar-refractivity contribution in [3.63, 3.8) is 0 Å². The van der Waals surface area contributed by atoms with E-state index in [-0.39, 0.29) is 5.75 Å². The van der Waals surface area contributed by atoms with Crippen molar-refractivity contribution in [3.05, 3.63) is 36.0 Å². The van der Waals surface area contributed by atoms with Crippen LogP contribution in [0.15, 0.2) is 30.3 Å². The zero-order valence-corrected chi connectivity index (χ0v) is 9.48. The normalized spacial score (nSPS) is 12.1. The monoisotopic (exact) mass is 243 g/mol. The van der Waals surface area contributed by atoms with Gasteiger partial charge in [-0.05, 0) is 17.5 Å². The summed E-state index contributed by atoms with van der Waals surface area (Å²) in [6.07, 6.45) is 0.417. The number of aromatic nitrogens is 1. The Labute approximate surface area is 92.5 Å². The van der Waals surface area contributed by atoms with Crippen LogP contribution in [-0.2, 0) is 15.5 Å². The van der Waals surface area contributed by atoms with Gasteiger partial charge in [-0.3, -0.25) is 0 Å². The molecule has 0 aliphatic carbocycles. The van der Waals surface area contributed by atoms with Crippen LogP contribution in [-0.4, -0.2) is 19.2 Å². The third-order valence-corrected chi connectivity index (χ3v) is 3.36. The molecule has 2 rings (SSSR count). The van der Waals surface area contributed by atoms with Gasteiger partial charge < -0.3 is 4.98 Å². The molecule has 1 aromatic heterocycles. The van der Waals surface area contributed by atoms with Crippen LogP contribution >= 0.6 is 10.7 Å². The van der Waals surface area contributed by atoms with Crippen LogP contribution in [0, 0.1) is 0 Å². The Morgan fingerprint density at radius 1 is 1.27 bits per heavy atom. The second-order valence-electron chi connectivity index (χ2n) is 3.37. The number of H-pyrrole nitrogens is 1. The number of para-hydroxylation sites is 1. The standard InChI is InChI=1S/C10H10ClNO2S/c11-15(13,14)6-5-9-7-8-3-1-2-4-10(8)12-9/h1-4,7,12H,5-6H2. The van der Waals surface area contributed by atoms with E-state index in [9.17, 15) is 8.42 Å². The fourth-order valence-corrected chi connectivity index (χ4v) is 2.20. The van der Waals surface area contributed by atoms with Gasteiger partial charge in [-0.25, -0.2) is 8.42 Å². The first-order valence-electron chi connectivity index (χ1n) is 4.53. The molecule has 0 atom stereocenters. The highest BCUT2D eigenvalue weighted by Gasteiger charge is 2.07. The lowest BCUT2D eigenvalue weighted by molar-refractivity contribution is 0.608. The van der Waals surface area contributed by atoms with E-state index in [0.29, 0.717) is 6.42 Å². The smallest absolute Gasteiger partial charge is 0.232 e. The van der Waals surface area contributed by atoms with E-state index in [1.165, 1.54) is 0 Å². The average Bonchev–Trinajstić information content (AvgIpc) is 2.56. The average molecular weight is 244 g/mol. The number of benzene rings is 1. The third kappa shape index (κ3) is 2.73. The van der Waals surface area contributed by atoms with E-state index < -0.39 is 9.05 Å². The van der Waals surface area contributed by atoms with Crippen LogP contribution in [0.25, 0.3) is 10.9 Å². The molecule has 0 radical (unpaired) electrons. The summed E-state index contributed by atoms with van der Waals surface area (Å²) in [6, 6.07) is 9.75. The molecule has 0 amide bonds. The van der Waals surface area contributed by atoms with Crippen LogP contribution in [0.1, 0.15) is 5.69 Å². The maximum atomic E-state index is 10.8. The molecule has 0 fully saturated rings. The van der Waals surface area contributed by atoms with E-state index in [2.05, 4.69) is 4.98 Å². The summed E-state index contributed by atoms with van der Waals surface area (Å²) >= 11 is 0. The minimum Gasteiger partial charge on any atom is -0.358 e. The minimum absolute atomic E-state index is 0.0403. The van der Waals surface area contributed by atoms with E-state index >= 15 is 0 Å². The summed E-state index contributed by atoms with van der Waals surface area (Å²) in [6.45, 7) is 0. The van der Waals surface area contributed by atoms with Crippen LogP contribution < -0.4 is 0 Å². The Kier molecular flexibility index (Phi) is 2.71. The molecular weight excluding hydrogens is 234 g/mol. The topological polar surface area (TPSA) is 49.9 Å². The van der Waals surface area contributed by atoms with Crippen LogP contribution in [0.4, 0.5) is 0 Å². The lowest BCUT2D eigenvalue weighted by Gasteiger charge is -1.93. The van der Waals surface area contributed by atoms with Crippen molar-refractivity contribution in [1.82, 2.24) is 4.98 Å². The summed E-state index contributed by atoms with van der Waals surface area (Å²) in [5.74, 6) is -0.0403. The Bertz CT molecular complexity index is 541. The van der Waals surface area contributed by atoms with Gasteiger partial charge in [0.1, 0.15) is 0 Å². The quantitative estimate of drug-likeness (QED) is 0.841. The second-order valence-corrected chi connectivity index (χ2v) is 6.27. The first-order chi connectivity index (χ1) is 7.04. The van der Waals surface area contributed by atoms with Crippen LogP contribution in [0.5, 0.6) is 0 Å². The van der Waals surface area contributed by atoms with Gasteiger partial charge >= 0.3 is 0 Å². The first kappa shape index (κ1) is 10.5. The number of rotatable bonds is 3. The van der Waals surface area contributed by atoms with E-state index in [0.717, 1.165) is 16.6 Å². The largest absolute Gasteiger partial charge is 0.358 e. The summed E-state index contributed by atoms with van der Waals surface area (Å²) in [4.78, 5) is 3.15. The van der Waals surface area contributed by atoms with Gasteiger partial charge in [-0.2, -0.15) is 0 Å². The molecule has 1 aromatic carbocycles. The van der Waals surface area contributed by atoms with Crippen molar-refractivity contribution in [2.75, 3.05) is 5.75 Å². The number of hydrogen-bond donors (Lipinski definition) is 1. The van der Waals surface area contributed by atoms with E-state index in [1.807, 2.05) is 30.3 Å². The van der Waals surface area contributed by atoms with Gasteiger partial charge in [0.25, 0.3) is 0 Å². The van der Waals surface area contributed by atoms with Crippen molar-refractivity contribution < 1.29 is 8.42 Å². The van der Waals surface area contributed by atoms with Gasteiger partial charge in [0.15, 0.2) is 0 Å². The summed E-state index contributed by atoms with van der Waals surface area (Å²) in [5.41, 5.74) is 1.90. The van der Waals surface area contributed by atoms with Crippen molar-refractivity contribution in [2.24, 2.45) is 0 Å². The fraction of sp³-hybridized carbons (Fsp3) is 0.200. The summed E-state index contributed by atoms with van der Waals surface area (Å²) in [5, 5.41) is 1.08. The molecule has 15 heavy (non-hydrogen) atoms. The molecule has 80 valence electrons. The number of halogens is 1. The molecule has 3 nitrogen and oxygen atoms in total. The third-order valence-electron chi connectivity index (χ3n) is 2.20. The Hall–Kier alpha value is -1.00. The second kappa shape index (κ2) is 3.87. The van der Waals surface area contributed by atoms with Gasteiger partial charge in [0, 0.05) is 28.3 Å². The fourth-order valence-electron chi connectivity index (χ4n) is 1.50. The number of nitrogens with one attached hydrogen (secondary N) is 1. The van der Waals surface area contributed by atoms with Crippen LogP contribution in [0.2, 0.25) is 0 Å². The molecule has 0 unspecified atom stereocenters. The lowest BCUT2D eigenvalue weighted by Crippen LogP contribution is -2.00. The molecular formula is C10H10ClNO2S. The zero-order valence-electron chi connectivity index (χ0n) is 7.90. The zero-order chi connectivity index (χ0) is 10.9. The molecule has 1 N–H and O–H groups in total. The van der Waals surface area contributed by atoms with Gasteiger partial charge in [-0.1, -0.05) is 18.2 Å². The minimum atomic E-state index is -3.41. The molecule has 0 aliphatic heterocycles. The Balaban J connectivity index is 2.23. The maximum absolute atomic E-state index is 10.8. The van der Waals surface area contributed by atoms with Crippen molar-refractivity contribution >= 4 is 30.6 Å². The first-order valence-corrected chi connectivity index (χ1v) is 7.01. The Morgan fingerprint density at radius 3 is 2.67 bits per heavy atom. The molecule has 1 heterocycles. The lowest BCUT2D eigenvalue weighted by atomic mass is 10.2. The number of hydrogen-bond acceptors (Lipinski definition) is 2. The summed E-state index contributed by atoms with van der Waals surface area (Å²) in [7, 11) is 1.73. The van der Waals surface area contributed by atoms with Gasteiger partial charge in [0.05, 0.1) is 5.75 Å². The Morgan fingerprint density at radius 2 is 2.00 bits per heavy atom. The molecule has 0 saturated heterocycles. The van der Waals surface area contributed by atoms with Crippen molar-refractivity contribution in [3.8, 4) is 0 Å². The SMILES string of the molecule is O=S(=O)(Cl)CCc1cc2ccccc2[nH]1. The van der Waals surface area contributed by atoms with Crippen molar-refractivity contribution in [2.45, 2.75) is 6.42 Å². The van der Waals surface area contributed by atoms with Gasteiger partial charge in [0.2, 0.25) is 9.05 Å².